The Bertz CT molecular complexity index is 673. The molecular weight excluding hydrogens is 310 g/mol. The molecule has 5 nitrogen and oxygen atoms in total. The first-order valence-corrected chi connectivity index (χ1v) is 8.45. The van der Waals surface area contributed by atoms with Crippen LogP contribution in [0.4, 0.5) is 10.7 Å². The summed E-state index contributed by atoms with van der Waals surface area (Å²) < 4.78 is 5.21. The number of oxime groups is 1. The molecule has 0 radical (unpaired) electrons. The summed E-state index contributed by atoms with van der Waals surface area (Å²) >= 11 is 1.67. The molecule has 23 heavy (non-hydrogen) atoms. The van der Waals surface area contributed by atoms with E-state index in [-0.39, 0.29) is 0 Å². The lowest BCUT2D eigenvalue weighted by Crippen LogP contribution is -2.46. The van der Waals surface area contributed by atoms with Gasteiger partial charge in [0.25, 0.3) is 0 Å². The molecule has 0 atom stereocenters. The third kappa shape index (κ3) is 3.42. The van der Waals surface area contributed by atoms with E-state index in [0.29, 0.717) is 5.71 Å². The Morgan fingerprint density at radius 1 is 1.04 bits per heavy atom. The van der Waals surface area contributed by atoms with E-state index in [1.807, 2.05) is 25.1 Å². The standard InChI is InChI=1S/C17H21N3O2S/c1-13(18-21)16-7-8-17(23-16)20-11-9-19(10-12-20)14-3-5-15(22-2)6-4-14/h3-8,21H,9-12H2,1-2H3. The van der Waals surface area contributed by atoms with Crippen molar-refractivity contribution in [2.45, 2.75) is 6.92 Å². The summed E-state index contributed by atoms with van der Waals surface area (Å²) in [5, 5.41) is 13.4. The van der Waals surface area contributed by atoms with Gasteiger partial charge in [-0.05, 0) is 43.3 Å². The third-order valence-electron chi connectivity index (χ3n) is 4.13. The summed E-state index contributed by atoms with van der Waals surface area (Å²) in [6.45, 7) is 5.78. The van der Waals surface area contributed by atoms with Gasteiger partial charge in [0.05, 0.1) is 22.7 Å². The third-order valence-corrected chi connectivity index (χ3v) is 5.38. The summed E-state index contributed by atoms with van der Waals surface area (Å²) in [6.07, 6.45) is 0. The predicted molar refractivity (Wildman–Crippen MR) is 95.7 cm³/mol. The first-order valence-electron chi connectivity index (χ1n) is 7.64. The van der Waals surface area contributed by atoms with Crippen molar-refractivity contribution in [3.05, 3.63) is 41.3 Å². The second-order valence-corrected chi connectivity index (χ2v) is 6.56. The van der Waals surface area contributed by atoms with Crippen molar-refractivity contribution in [1.29, 1.82) is 0 Å². The monoisotopic (exact) mass is 331 g/mol. The fourth-order valence-corrected chi connectivity index (χ4v) is 3.72. The van der Waals surface area contributed by atoms with Gasteiger partial charge in [-0.15, -0.1) is 11.3 Å². The zero-order chi connectivity index (χ0) is 16.2. The average Bonchev–Trinajstić information content (AvgIpc) is 3.11. The van der Waals surface area contributed by atoms with Gasteiger partial charge in [-0.2, -0.15) is 0 Å². The number of methoxy groups -OCH3 is 1. The second kappa shape index (κ2) is 6.91. The van der Waals surface area contributed by atoms with Crippen LogP contribution in [-0.4, -0.2) is 44.2 Å². The number of rotatable bonds is 4. The molecule has 0 aliphatic carbocycles. The molecule has 0 spiro atoms. The number of ether oxygens (including phenoxy) is 1. The van der Waals surface area contributed by atoms with Crippen molar-refractivity contribution in [1.82, 2.24) is 0 Å². The molecule has 0 amide bonds. The fourth-order valence-electron chi connectivity index (χ4n) is 2.72. The van der Waals surface area contributed by atoms with Gasteiger partial charge in [-0.1, -0.05) is 5.16 Å². The molecule has 1 aromatic carbocycles. The van der Waals surface area contributed by atoms with E-state index in [9.17, 15) is 0 Å². The van der Waals surface area contributed by atoms with Crippen LogP contribution in [0.2, 0.25) is 0 Å². The van der Waals surface area contributed by atoms with E-state index in [1.165, 1.54) is 10.7 Å². The van der Waals surface area contributed by atoms with Crippen LogP contribution in [0.5, 0.6) is 5.75 Å². The van der Waals surface area contributed by atoms with Crippen molar-refractivity contribution >= 4 is 27.7 Å². The van der Waals surface area contributed by atoms with Crippen LogP contribution < -0.4 is 14.5 Å². The van der Waals surface area contributed by atoms with E-state index < -0.39 is 0 Å². The molecule has 2 aromatic rings. The minimum absolute atomic E-state index is 0.665. The lowest BCUT2D eigenvalue weighted by molar-refractivity contribution is 0.319. The Labute approximate surface area is 140 Å². The van der Waals surface area contributed by atoms with Gasteiger partial charge in [0.15, 0.2) is 0 Å². The van der Waals surface area contributed by atoms with Gasteiger partial charge in [-0.25, -0.2) is 0 Å². The zero-order valence-electron chi connectivity index (χ0n) is 13.4. The van der Waals surface area contributed by atoms with Crippen molar-refractivity contribution in [2.24, 2.45) is 5.16 Å². The molecule has 0 unspecified atom stereocenters. The number of nitrogens with zero attached hydrogens (tertiary/aromatic N) is 3. The molecule has 1 aliphatic heterocycles. The summed E-state index contributed by atoms with van der Waals surface area (Å²) in [6, 6.07) is 12.4. The summed E-state index contributed by atoms with van der Waals surface area (Å²) in [7, 11) is 1.69. The normalized spacial score (nSPS) is 15.8. The van der Waals surface area contributed by atoms with Crippen LogP contribution in [0.15, 0.2) is 41.6 Å². The van der Waals surface area contributed by atoms with Crippen LogP contribution in [0.3, 0.4) is 0 Å². The zero-order valence-corrected chi connectivity index (χ0v) is 14.2. The SMILES string of the molecule is COc1ccc(N2CCN(c3ccc(C(C)=NO)s3)CC2)cc1. The van der Waals surface area contributed by atoms with Crippen molar-refractivity contribution in [3.63, 3.8) is 0 Å². The number of benzene rings is 1. The highest BCUT2D eigenvalue weighted by molar-refractivity contribution is 7.18. The lowest BCUT2D eigenvalue weighted by atomic mass is 10.2. The summed E-state index contributed by atoms with van der Waals surface area (Å²) in [5.41, 5.74) is 1.90. The minimum Gasteiger partial charge on any atom is -0.497 e. The highest BCUT2D eigenvalue weighted by Crippen LogP contribution is 2.28. The molecule has 0 bridgehead atoms. The van der Waals surface area contributed by atoms with E-state index >= 15 is 0 Å². The number of hydrogen-bond donors (Lipinski definition) is 1. The molecule has 1 saturated heterocycles. The Morgan fingerprint density at radius 2 is 1.70 bits per heavy atom. The fraction of sp³-hybridized carbons (Fsp3) is 0.353. The van der Waals surface area contributed by atoms with Gasteiger partial charge in [0, 0.05) is 31.9 Å². The Morgan fingerprint density at radius 3 is 2.30 bits per heavy atom. The quantitative estimate of drug-likeness (QED) is 0.531. The van der Waals surface area contributed by atoms with Crippen molar-refractivity contribution in [3.8, 4) is 5.75 Å². The van der Waals surface area contributed by atoms with Crippen LogP contribution in [0.25, 0.3) is 0 Å². The van der Waals surface area contributed by atoms with E-state index in [1.54, 1.807) is 18.4 Å². The van der Waals surface area contributed by atoms with E-state index in [4.69, 9.17) is 9.94 Å². The largest absolute Gasteiger partial charge is 0.497 e. The van der Waals surface area contributed by atoms with Crippen molar-refractivity contribution in [2.75, 3.05) is 43.1 Å². The molecule has 6 heteroatoms. The maximum Gasteiger partial charge on any atom is 0.119 e. The Kier molecular flexibility index (Phi) is 4.71. The highest BCUT2D eigenvalue weighted by atomic mass is 32.1. The minimum atomic E-state index is 0.665. The first-order chi connectivity index (χ1) is 11.2. The molecule has 1 fully saturated rings. The molecule has 1 aliphatic rings. The predicted octanol–water partition coefficient (Wildman–Crippen LogP) is 3.28. The first kappa shape index (κ1) is 15.7. The maximum absolute atomic E-state index is 8.87. The smallest absolute Gasteiger partial charge is 0.119 e. The molecule has 1 aromatic heterocycles. The maximum atomic E-state index is 8.87. The Hall–Kier alpha value is -2.21. The van der Waals surface area contributed by atoms with Gasteiger partial charge in [0.2, 0.25) is 0 Å². The molecule has 0 saturated carbocycles. The van der Waals surface area contributed by atoms with Gasteiger partial charge in [0.1, 0.15) is 5.75 Å². The topological polar surface area (TPSA) is 48.3 Å². The van der Waals surface area contributed by atoms with Crippen LogP contribution in [-0.2, 0) is 0 Å². The molecule has 2 heterocycles. The highest BCUT2D eigenvalue weighted by Gasteiger charge is 2.19. The number of piperazine rings is 1. The van der Waals surface area contributed by atoms with Gasteiger partial charge < -0.3 is 19.7 Å². The molecule has 3 rings (SSSR count). The summed E-state index contributed by atoms with van der Waals surface area (Å²) in [5.74, 6) is 0.888. The molecular formula is C17H21N3O2S. The summed E-state index contributed by atoms with van der Waals surface area (Å²) in [4.78, 5) is 5.80. The number of thiophene rings is 1. The number of anilines is 2. The lowest BCUT2D eigenvalue weighted by Gasteiger charge is -2.36. The van der Waals surface area contributed by atoms with Crippen LogP contribution in [0, 0.1) is 0 Å². The van der Waals surface area contributed by atoms with Gasteiger partial charge in [-0.3, -0.25) is 0 Å². The Balaban J connectivity index is 1.62. The number of hydrogen-bond acceptors (Lipinski definition) is 6. The average molecular weight is 331 g/mol. The van der Waals surface area contributed by atoms with Crippen molar-refractivity contribution < 1.29 is 9.94 Å². The van der Waals surface area contributed by atoms with Crippen LogP contribution >= 0.6 is 11.3 Å². The second-order valence-electron chi connectivity index (χ2n) is 5.50. The molecule has 1 N–H and O–H groups in total. The van der Waals surface area contributed by atoms with Crippen LogP contribution in [0.1, 0.15) is 11.8 Å². The van der Waals surface area contributed by atoms with Gasteiger partial charge >= 0.3 is 0 Å². The van der Waals surface area contributed by atoms with E-state index in [0.717, 1.165) is 36.8 Å². The molecule has 122 valence electrons. The van der Waals surface area contributed by atoms with E-state index in [2.05, 4.69) is 33.2 Å².